The zero-order valence-corrected chi connectivity index (χ0v) is 48.1. The largest absolute Gasteiger partial charge is 0.462 e. The molecule has 0 N–H and O–H groups in total. The number of esters is 3. The lowest BCUT2D eigenvalue weighted by molar-refractivity contribution is -0.167. The average molecular weight is 1030 g/mol. The van der Waals surface area contributed by atoms with Gasteiger partial charge in [-0.1, -0.05) is 245 Å². The Morgan fingerprint density at radius 2 is 0.527 bits per heavy atom. The summed E-state index contributed by atoms with van der Waals surface area (Å²) in [4.78, 5) is 38.2. The number of carbonyl (C=O) groups is 3. The van der Waals surface area contributed by atoms with Crippen molar-refractivity contribution in [3.8, 4) is 0 Å². The van der Waals surface area contributed by atoms with E-state index in [0.717, 1.165) is 135 Å². The molecule has 420 valence electrons. The molecule has 74 heavy (non-hydrogen) atoms. The molecular weight excluding hydrogens is 913 g/mol. The molecule has 0 rings (SSSR count). The van der Waals surface area contributed by atoms with Crippen molar-refractivity contribution in [3.05, 3.63) is 122 Å². The van der Waals surface area contributed by atoms with Crippen LogP contribution in [0.3, 0.4) is 0 Å². The van der Waals surface area contributed by atoms with E-state index in [-0.39, 0.29) is 31.1 Å². The summed E-state index contributed by atoms with van der Waals surface area (Å²) in [5.74, 6) is -0.939. The van der Waals surface area contributed by atoms with Crippen LogP contribution in [0.4, 0.5) is 0 Å². The molecule has 0 heterocycles. The highest BCUT2D eigenvalue weighted by atomic mass is 16.6. The van der Waals surface area contributed by atoms with E-state index in [2.05, 4.69) is 142 Å². The first-order chi connectivity index (χ1) is 36.5. The molecule has 0 saturated heterocycles. The second-order valence-corrected chi connectivity index (χ2v) is 19.8. The zero-order valence-electron chi connectivity index (χ0n) is 48.1. The van der Waals surface area contributed by atoms with Crippen LogP contribution in [0.25, 0.3) is 0 Å². The van der Waals surface area contributed by atoms with Crippen molar-refractivity contribution in [2.75, 3.05) is 13.2 Å². The first kappa shape index (κ1) is 69.8. The molecule has 6 heteroatoms. The van der Waals surface area contributed by atoms with Crippen LogP contribution in [-0.2, 0) is 28.6 Å². The molecule has 0 aromatic heterocycles. The van der Waals surface area contributed by atoms with Crippen LogP contribution in [0.2, 0.25) is 0 Å². The van der Waals surface area contributed by atoms with E-state index in [1.165, 1.54) is 96.3 Å². The van der Waals surface area contributed by atoms with Gasteiger partial charge in [-0.15, -0.1) is 0 Å². The molecular formula is C68H112O6. The lowest BCUT2D eigenvalue weighted by Gasteiger charge is -2.18. The maximum absolute atomic E-state index is 12.9. The summed E-state index contributed by atoms with van der Waals surface area (Å²) in [5, 5.41) is 0. The van der Waals surface area contributed by atoms with E-state index in [4.69, 9.17) is 14.2 Å². The van der Waals surface area contributed by atoms with E-state index in [1.807, 2.05) is 0 Å². The fraction of sp³-hybridized carbons (Fsp3) is 0.662. The molecule has 0 aliphatic heterocycles. The molecule has 0 amide bonds. The number of ether oxygens (including phenoxy) is 3. The van der Waals surface area contributed by atoms with Crippen LogP contribution in [0.15, 0.2) is 122 Å². The monoisotopic (exact) mass is 1020 g/mol. The van der Waals surface area contributed by atoms with Crippen LogP contribution >= 0.6 is 0 Å². The quantitative estimate of drug-likeness (QED) is 0.0261. The highest BCUT2D eigenvalue weighted by Crippen LogP contribution is 2.15. The topological polar surface area (TPSA) is 78.9 Å². The van der Waals surface area contributed by atoms with Crippen molar-refractivity contribution in [1.82, 2.24) is 0 Å². The molecule has 0 aromatic carbocycles. The van der Waals surface area contributed by atoms with E-state index < -0.39 is 6.10 Å². The summed E-state index contributed by atoms with van der Waals surface area (Å²) < 4.78 is 16.9. The van der Waals surface area contributed by atoms with E-state index >= 15 is 0 Å². The fourth-order valence-corrected chi connectivity index (χ4v) is 8.16. The average Bonchev–Trinajstić information content (AvgIpc) is 3.40. The second kappa shape index (κ2) is 61.4. The van der Waals surface area contributed by atoms with Gasteiger partial charge in [0.25, 0.3) is 0 Å². The third-order valence-electron chi connectivity index (χ3n) is 12.7. The molecule has 0 radical (unpaired) electrons. The van der Waals surface area contributed by atoms with Gasteiger partial charge in [-0.25, -0.2) is 0 Å². The minimum atomic E-state index is -0.801. The molecule has 0 fully saturated rings. The highest BCUT2D eigenvalue weighted by molar-refractivity contribution is 5.71. The second-order valence-electron chi connectivity index (χ2n) is 19.8. The molecule has 1 unspecified atom stereocenters. The van der Waals surface area contributed by atoms with Gasteiger partial charge in [-0.05, 0) is 128 Å². The Morgan fingerprint density at radius 1 is 0.284 bits per heavy atom. The molecule has 0 aliphatic rings. The van der Waals surface area contributed by atoms with Gasteiger partial charge < -0.3 is 14.2 Å². The summed E-state index contributed by atoms with van der Waals surface area (Å²) in [6, 6.07) is 0. The number of unbranched alkanes of at least 4 members (excludes halogenated alkanes) is 23. The van der Waals surface area contributed by atoms with Crippen molar-refractivity contribution in [2.24, 2.45) is 0 Å². The van der Waals surface area contributed by atoms with E-state index in [0.29, 0.717) is 19.3 Å². The molecule has 0 aliphatic carbocycles. The van der Waals surface area contributed by atoms with Crippen LogP contribution in [0.5, 0.6) is 0 Å². The van der Waals surface area contributed by atoms with E-state index in [1.54, 1.807) is 0 Å². The molecule has 0 spiro atoms. The van der Waals surface area contributed by atoms with Gasteiger partial charge in [0.1, 0.15) is 13.2 Å². The Balaban J connectivity index is 4.38. The van der Waals surface area contributed by atoms with Gasteiger partial charge in [0.2, 0.25) is 0 Å². The molecule has 1 atom stereocenters. The summed E-state index contributed by atoms with van der Waals surface area (Å²) in [5.41, 5.74) is 0. The number of carbonyl (C=O) groups excluding carboxylic acids is 3. The van der Waals surface area contributed by atoms with Crippen LogP contribution in [0, 0.1) is 0 Å². The van der Waals surface area contributed by atoms with Crippen LogP contribution in [0.1, 0.15) is 271 Å². The molecule has 0 bridgehead atoms. The Bertz CT molecular complexity index is 1550. The zero-order chi connectivity index (χ0) is 53.6. The normalized spacial score (nSPS) is 13.0. The number of allylic oxidation sites excluding steroid dienone is 20. The van der Waals surface area contributed by atoms with Gasteiger partial charge in [-0.3, -0.25) is 14.4 Å². The van der Waals surface area contributed by atoms with Crippen molar-refractivity contribution in [2.45, 2.75) is 277 Å². The summed E-state index contributed by atoms with van der Waals surface area (Å²) >= 11 is 0. The van der Waals surface area contributed by atoms with Gasteiger partial charge in [0, 0.05) is 19.3 Å². The van der Waals surface area contributed by atoms with Crippen LogP contribution in [-0.4, -0.2) is 37.2 Å². The fourth-order valence-electron chi connectivity index (χ4n) is 8.16. The van der Waals surface area contributed by atoms with Crippen molar-refractivity contribution in [3.63, 3.8) is 0 Å². The predicted octanol–water partition coefficient (Wildman–Crippen LogP) is 20.8. The van der Waals surface area contributed by atoms with Crippen molar-refractivity contribution in [1.29, 1.82) is 0 Å². The third-order valence-corrected chi connectivity index (χ3v) is 12.7. The van der Waals surface area contributed by atoms with Crippen molar-refractivity contribution >= 4 is 17.9 Å². The van der Waals surface area contributed by atoms with Crippen LogP contribution < -0.4 is 0 Å². The smallest absolute Gasteiger partial charge is 0.306 e. The number of hydrogen-bond acceptors (Lipinski definition) is 6. The number of rotatable bonds is 54. The maximum Gasteiger partial charge on any atom is 0.306 e. The summed E-state index contributed by atoms with van der Waals surface area (Å²) in [6.45, 7) is 6.36. The van der Waals surface area contributed by atoms with Gasteiger partial charge >= 0.3 is 17.9 Å². The maximum atomic E-state index is 12.9. The summed E-state index contributed by atoms with van der Waals surface area (Å²) in [7, 11) is 0. The first-order valence-electron chi connectivity index (χ1n) is 30.5. The number of hydrogen-bond donors (Lipinski definition) is 0. The SMILES string of the molecule is CC/C=C\C/C=C\C/C=C\C/C=C\C/C=C\CCCCCCCCCCCC(=O)OCC(COC(=O)CCCCC/C=C\C/C=C\C/C=C\CC)OC(=O)CCCCCCCCC/C=C\C/C=C\CCCCCC. The predicted molar refractivity (Wildman–Crippen MR) is 320 cm³/mol. The third kappa shape index (κ3) is 58.7. The molecule has 0 saturated carbocycles. The Morgan fingerprint density at radius 3 is 0.838 bits per heavy atom. The lowest BCUT2D eigenvalue weighted by atomic mass is 10.1. The van der Waals surface area contributed by atoms with E-state index in [9.17, 15) is 14.4 Å². The lowest BCUT2D eigenvalue weighted by Crippen LogP contribution is -2.30. The highest BCUT2D eigenvalue weighted by Gasteiger charge is 2.19. The van der Waals surface area contributed by atoms with Gasteiger partial charge in [-0.2, -0.15) is 0 Å². The van der Waals surface area contributed by atoms with Gasteiger partial charge in [0.05, 0.1) is 0 Å². The van der Waals surface area contributed by atoms with Crippen molar-refractivity contribution < 1.29 is 28.6 Å². The Hall–Kier alpha value is -4.19. The first-order valence-corrected chi connectivity index (χ1v) is 30.5. The molecule has 6 nitrogen and oxygen atoms in total. The van der Waals surface area contributed by atoms with Gasteiger partial charge in [0.15, 0.2) is 6.10 Å². The molecule has 0 aromatic rings. The Labute approximate surface area is 456 Å². The Kier molecular flexibility index (Phi) is 57.9. The standard InChI is InChI=1S/C68H112O6/c1-4-7-10-13-16-19-22-25-27-29-31-32-33-34-35-36-37-39-40-43-46-49-52-55-58-61-67(70)73-64-65(63-72-66(69)60-57-54-51-48-45-42-24-21-18-15-12-9-6-3)74-68(71)62-59-56-53-50-47-44-41-38-30-28-26-23-20-17-14-11-8-5-2/h7,9-10,12,16,18-21,23,25,27-28,30-32,34-35,42,45,65H,4-6,8,11,13-15,17,22,24,26,29,33,36-41,43-44,46-64H2,1-3H3/b10-7-,12-9-,19-16-,21-18-,23-20-,27-25-,30-28-,32-31-,35-34-,45-42-. The minimum Gasteiger partial charge on any atom is -0.462 e. The minimum absolute atomic E-state index is 0.0963. The summed E-state index contributed by atoms with van der Waals surface area (Å²) in [6.07, 6.45) is 84.8.